The summed E-state index contributed by atoms with van der Waals surface area (Å²) in [5.74, 6) is -1.21. The number of carboxylic acids is 1. The summed E-state index contributed by atoms with van der Waals surface area (Å²) in [6.45, 7) is 3.31. The van der Waals surface area contributed by atoms with E-state index in [2.05, 4.69) is 0 Å². The molecule has 5 nitrogen and oxygen atoms in total. The second-order valence-corrected chi connectivity index (χ2v) is 5.21. The van der Waals surface area contributed by atoms with Gasteiger partial charge >= 0.3 is 5.97 Å². The number of carbonyl (C=O) groups is 2. The highest BCUT2D eigenvalue weighted by molar-refractivity contribution is 5.86. The molecule has 2 aliphatic rings. The number of likely N-dealkylation sites (tertiary alicyclic amines) is 1. The van der Waals surface area contributed by atoms with Crippen LogP contribution >= 0.6 is 0 Å². The van der Waals surface area contributed by atoms with Gasteiger partial charge in [-0.2, -0.15) is 0 Å². The smallest absolute Gasteiger partial charge is 0.308 e. The first-order valence-corrected chi connectivity index (χ1v) is 6.75. The highest BCUT2D eigenvalue weighted by atomic mass is 16.5. The average molecular weight is 255 g/mol. The normalized spacial score (nSPS) is 26.5. The summed E-state index contributed by atoms with van der Waals surface area (Å²) in [6, 6.07) is 0. The molecule has 1 unspecified atom stereocenters. The van der Waals surface area contributed by atoms with Crippen molar-refractivity contribution >= 4 is 11.9 Å². The second-order valence-electron chi connectivity index (χ2n) is 5.21. The molecule has 1 aliphatic heterocycles. The summed E-state index contributed by atoms with van der Waals surface area (Å²) < 4.78 is 5.72. The highest BCUT2D eigenvalue weighted by Gasteiger charge is 2.46. The van der Waals surface area contributed by atoms with Crippen molar-refractivity contribution in [1.82, 2.24) is 4.90 Å². The minimum absolute atomic E-state index is 0.00519. The maximum atomic E-state index is 12.5. The van der Waals surface area contributed by atoms with E-state index in [1.807, 2.05) is 6.92 Å². The molecule has 1 aliphatic carbocycles. The monoisotopic (exact) mass is 255 g/mol. The van der Waals surface area contributed by atoms with Gasteiger partial charge in [0.25, 0.3) is 5.91 Å². The van der Waals surface area contributed by atoms with E-state index in [0.717, 1.165) is 25.7 Å². The van der Waals surface area contributed by atoms with E-state index in [1.165, 1.54) is 0 Å². The summed E-state index contributed by atoms with van der Waals surface area (Å²) in [6.07, 6.45) is 4.13. The Morgan fingerprint density at radius 1 is 1.39 bits per heavy atom. The van der Waals surface area contributed by atoms with Gasteiger partial charge in [-0.05, 0) is 39.0 Å². The number of rotatable bonds is 4. The van der Waals surface area contributed by atoms with E-state index in [9.17, 15) is 9.59 Å². The lowest BCUT2D eigenvalue weighted by Gasteiger charge is -2.32. The number of hydrogen-bond donors (Lipinski definition) is 1. The van der Waals surface area contributed by atoms with E-state index in [4.69, 9.17) is 9.84 Å². The van der Waals surface area contributed by atoms with E-state index in [1.54, 1.807) is 4.90 Å². The SMILES string of the molecule is CCOC1(C(=O)N2CCC(C(=O)O)C2)CCCC1. The van der Waals surface area contributed by atoms with Gasteiger partial charge in [-0.1, -0.05) is 0 Å². The lowest BCUT2D eigenvalue weighted by Crippen LogP contribution is -2.48. The summed E-state index contributed by atoms with van der Waals surface area (Å²) in [5, 5.41) is 8.98. The fourth-order valence-corrected chi connectivity index (χ4v) is 3.08. The molecule has 2 rings (SSSR count). The maximum absolute atomic E-state index is 12.5. The molecule has 0 aromatic rings. The third kappa shape index (κ3) is 2.36. The molecule has 1 saturated heterocycles. The molecule has 1 N–H and O–H groups in total. The van der Waals surface area contributed by atoms with Gasteiger partial charge < -0.3 is 14.7 Å². The fraction of sp³-hybridized carbons (Fsp3) is 0.846. The van der Waals surface area contributed by atoms with Gasteiger partial charge in [0.2, 0.25) is 0 Å². The second kappa shape index (κ2) is 5.26. The Labute approximate surface area is 107 Å². The Balaban J connectivity index is 2.04. The predicted octanol–water partition coefficient (Wildman–Crippen LogP) is 1.27. The van der Waals surface area contributed by atoms with Crippen LogP contribution in [0.25, 0.3) is 0 Å². The van der Waals surface area contributed by atoms with Crippen molar-refractivity contribution < 1.29 is 19.4 Å². The third-order valence-electron chi connectivity index (χ3n) is 4.05. The summed E-state index contributed by atoms with van der Waals surface area (Å²) in [5.41, 5.74) is -0.665. The molecular formula is C13H21NO4. The fourth-order valence-electron chi connectivity index (χ4n) is 3.08. The van der Waals surface area contributed by atoms with Crippen molar-refractivity contribution in [3.63, 3.8) is 0 Å². The lowest BCUT2D eigenvalue weighted by molar-refractivity contribution is -0.156. The van der Waals surface area contributed by atoms with E-state index in [-0.39, 0.29) is 5.91 Å². The quantitative estimate of drug-likeness (QED) is 0.821. The van der Waals surface area contributed by atoms with E-state index in [0.29, 0.717) is 26.1 Å². The molecule has 1 amide bonds. The third-order valence-corrected chi connectivity index (χ3v) is 4.05. The first-order chi connectivity index (χ1) is 8.59. The number of nitrogens with zero attached hydrogens (tertiary/aromatic N) is 1. The van der Waals surface area contributed by atoms with Gasteiger partial charge in [-0.25, -0.2) is 0 Å². The molecule has 5 heteroatoms. The van der Waals surface area contributed by atoms with Gasteiger partial charge in [-0.3, -0.25) is 9.59 Å². The number of ether oxygens (including phenoxy) is 1. The van der Waals surface area contributed by atoms with Crippen molar-refractivity contribution in [2.45, 2.75) is 44.6 Å². The molecule has 0 bridgehead atoms. The summed E-state index contributed by atoms with van der Waals surface area (Å²) >= 11 is 0. The van der Waals surface area contributed by atoms with E-state index >= 15 is 0 Å². The Morgan fingerprint density at radius 2 is 2.06 bits per heavy atom. The molecular weight excluding hydrogens is 234 g/mol. The first-order valence-electron chi connectivity index (χ1n) is 6.75. The zero-order valence-electron chi connectivity index (χ0n) is 10.9. The van der Waals surface area contributed by atoms with Crippen LogP contribution in [0.4, 0.5) is 0 Å². The van der Waals surface area contributed by atoms with Gasteiger partial charge in [0.1, 0.15) is 5.60 Å². The van der Waals surface area contributed by atoms with Gasteiger partial charge in [0, 0.05) is 19.7 Å². The molecule has 0 aromatic heterocycles. The topological polar surface area (TPSA) is 66.8 Å². The number of carboxylic acid groups (broad SMARTS) is 1. The number of amides is 1. The van der Waals surface area contributed by atoms with Crippen LogP contribution in [-0.4, -0.2) is 47.2 Å². The zero-order valence-corrected chi connectivity index (χ0v) is 10.9. The number of aliphatic carboxylic acids is 1. The maximum Gasteiger partial charge on any atom is 0.308 e. The van der Waals surface area contributed by atoms with Crippen LogP contribution in [0.2, 0.25) is 0 Å². The molecule has 2 fully saturated rings. The van der Waals surface area contributed by atoms with Crippen molar-refractivity contribution in [2.24, 2.45) is 5.92 Å². The zero-order chi connectivity index (χ0) is 13.2. The highest BCUT2D eigenvalue weighted by Crippen LogP contribution is 2.36. The lowest BCUT2D eigenvalue weighted by atomic mass is 10.00. The largest absolute Gasteiger partial charge is 0.481 e. The van der Waals surface area contributed by atoms with Gasteiger partial charge in [0.15, 0.2) is 0 Å². The van der Waals surface area contributed by atoms with Crippen LogP contribution in [0.5, 0.6) is 0 Å². The van der Waals surface area contributed by atoms with Crippen molar-refractivity contribution in [3.8, 4) is 0 Å². The molecule has 1 saturated carbocycles. The van der Waals surface area contributed by atoms with Crippen LogP contribution in [0.1, 0.15) is 39.0 Å². The Hall–Kier alpha value is -1.10. The van der Waals surface area contributed by atoms with Crippen LogP contribution in [0.15, 0.2) is 0 Å². The molecule has 0 aromatic carbocycles. The molecule has 1 heterocycles. The minimum Gasteiger partial charge on any atom is -0.481 e. The van der Waals surface area contributed by atoms with Crippen molar-refractivity contribution in [1.29, 1.82) is 0 Å². The number of hydrogen-bond acceptors (Lipinski definition) is 3. The molecule has 18 heavy (non-hydrogen) atoms. The van der Waals surface area contributed by atoms with Gasteiger partial charge in [-0.15, -0.1) is 0 Å². The molecule has 1 atom stereocenters. The molecule has 102 valence electrons. The minimum atomic E-state index is -0.804. The Bertz CT molecular complexity index is 336. The first kappa shape index (κ1) is 13.3. The van der Waals surface area contributed by atoms with Crippen molar-refractivity contribution in [3.05, 3.63) is 0 Å². The van der Waals surface area contributed by atoms with Crippen LogP contribution in [0, 0.1) is 5.92 Å². The predicted molar refractivity (Wildman–Crippen MR) is 65.1 cm³/mol. The molecule has 0 radical (unpaired) electrons. The summed E-state index contributed by atoms with van der Waals surface area (Å²) in [7, 11) is 0. The standard InChI is InChI=1S/C13H21NO4/c1-2-18-13(6-3-4-7-13)12(17)14-8-5-10(9-14)11(15)16/h10H,2-9H2,1H3,(H,15,16). The van der Waals surface area contributed by atoms with Crippen molar-refractivity contribution in [2.75, 3.05) is 19.7 Å². The van der Waals surface area contributed by atoms with Crippen LogP contribution < -0.4 is 0 Å². The number of carbonyl (C=O) groups excluding carboxylic acids is 1. The molecule has 0 spiro atoms. The van der Waals surface area contributed by atoms with Gasteiger partial charge in [0.05, 0.1) is 5.92 Å². The summed E-state index contributed by atoms with van der Waals surface area (Å²) in [4.78, 5) is 25.1. The van der Waals surface area contributed by atoms with E-state index < -0.39 is 17.5 Å². The Kier molecular flexibility index (Phi) is 3.90. The average Bonchev–Trinajstić information content (AvgIpc) is 2.97. The van der Waals surface area contributed by atoms with Crippen LogP contribution in [0.3, 0.4) is 0 Å². The van der Waals surface area contributed by atoms with Crippen LogP contribution in [-0.2, 0) is 14.3 Å². The Morgan fingerprint density at radius 3 is 2.56 bits per heavy atom.